The number of hydrogen-bond donors (Lipinski definition) is 1. The van der Waals surface area contributed by atoms with Gasteiger partial charge in [0.05, 0.1) is 14.2 Å². The van der Waals surface area contributed by atoms with Crippen molar-refractivity contribution >= 4 is 5.69 Å². The molecule has 2 rings (SSSR count). The molecule has 0 amide bonds. The van der Waals surface area contributed by atoms with Gasteiger partial charge in [0.1, 0.15) is 11.5 Å². The van der Waals surface area contributed by atoms with E-state index in [2.05, 4.69) is 36.2 Å². The SMILES string of the molecule is CCC1(CC)CN(c2cc(OC)cc(OC)c2)CCN1. The Hall–Kier alpha value is -1.42. The Morgan fingerprint density at radius 1 is 1.10 bits per heavy atom. The number of benzene rings is 1. The summed E-state index contributed by atoms with van der Waals surface area (Å²) in [5.74, 6) is 1.69. The van der Waals surface area contributed by atoms with E-state index in [0.29, 0.717) is 0 Å². The number of nitrogens with one attached hydrogen (secondary N) is 1. The molecule has 0 aromatic heterocycles. The van der Waals surface area contributed by atoms with Gasteiger partial charge in [-0.2, -0.15) is 0 Å². The van der Waals surface area contributed by atoms with Crippen LogP contribution in [0, 0.1) is 0 Å². The second-order valence-corrected chi connectivity index (χ2v) is 5.41. The maximum atomic E-state index is 5.37. The number of ether oxygens (including phenoxy) is 2. The molecular formula is C16H26N2O2. The van der Waals surface area contributed by atoms with Gasteiger partial charge in [0.2, 0.25) is 0 Å². The fraction of sp³-hybridized carbons (Fsp3) is 0.625. The van der Waals surface area contributed by atoms with Crippen molar-refractivity contribution in [2.45, 2.75) is 32.2 Å². The highest BCUT2D eigenvalue weighted by Crippen LogP contribution is 2.31. The van der Waals surface area contributed by atoms with Crippen molar-refractivity contribution in [3.8, 4) is 11.5 Å². The van der Waals surface area contributed by atoms with Gasteiger partial charge in [0.25, 0.3) is 0 Å². The van der Waals surface area contributed by atoms with Gasteiger partial charge in [0.15, 0.2) is 0 Å². The second kappa shape index (κ2) is 6.35. The molecule has 1 fully saturated rings. The molecule has 1 saturated heterocycles. The molecule has 0 unspecified atom stereocenters. The van der Waals surface area contributed by atoms with Crippen LogP contribution in [0.4, 0.5) is 5.69 Å². The summed E-state index contributed by atoms with van der Waals surface area (Å²) in [7, 11) is 3.39. The lowest BCUT2D eigenvalue weighted by molar-refractivity contribution is 0.277. The van der Waals surface area contributed by atoms with Gasteiger partial charge in [-0.15, -0.1) is 0 Å². The van der Waals surface area contributed by atoms with Crippen LogP contribution in [0.2, 0.25) is 0 Å². The lowest BCUT2D eigenvalue weighted by Crippen LogP contribution is -2.60. The highest BCUT2D eigenvalue weighted by Gasteiger charge is 2.32. The molecule has 4 heteroatoms. The third-order valence-electron chi connectivity index (χ3n) is 4.43. The summed E-state index contributed by atoms with van der Waals surface area (Å²) in [6.07, 6.45) is 2.28. The van der Waals surface area contributed by atoms with E-state index in [-0.39, 0.29) is 5.54 Å². The first-order valence-corrected chi connectivity index (χ1v) is 7.39. The Morgan fingerprint density at radius 3 is 2.20 bits per heavy atom. The van der Waals surface area contributed by atoms with E-state index < -0.39 is 0 Å². The van der Waals surface area contributed by atoms with Crippen molar-refractivity contribution < 1.29 is 9.47 Å². The Balaban J connectivity index is 2.26. The molecule has 1 N–H and O–H groups in total. The number of rotatable bonds is 5. The van der Waals surface area contributed by atoms with Gasteiger partial charge in [0, 0.05) is 49.1 Å². The van der Waals surface area contributed by atoms with Crippen molar-refractivity contribution in [3.63, 3.8) is 0 Å². The maximum absolute atomic E-state index is 5.37. The number of piperazine rings is 1. The lowest BCUT2D eigenvalue weighted by atomic mass is 9.90. The number of methoxy groups -OCH3 is 2. The Bertz CT molecular complexity index is 422. The van der Waals surface area contributed by atoms with Gasteiger partial charge in [-0.25, -0.2) is 0 Å². The monoisotopic (exact) mass is 278 g/mol. The first kappa shape index (κ1) is 15.0. The highest BCUT2D eigenvalue weighted by atomic mass is 16.5. The molecule has 0 saturated carbocycles. The molecule has 0 aliphatic carbocycles. The molecule has 1 heterocycles. The van der Waals surface area contributed by atoms with Crippen LogP contribution in [-0.4, -0.2) is 39.4 Å². The fourth-order valence-electron chi connectivity index (χ4n) is 2.88. The van der Waals surface area contributed by atoms with E-state index in [1.807, 2.05) is 6.07 Å². The second-order valence-electron chi connectivity index (χ2n) is 5.41. The first-order valence-electron chi connectivity index (χ1n) is 7.39. The summed E-state index contributed by atoms with van der Waals surface area (Å²) in [4.78, 5) is 2.43. The largest absolute Gasteiger partial charge is 0.497 e. The molecule has 4 nitrogen and oxygen atoms in total. The van der Waals surface area contributed by atoms with Crippen LogP contribution >= 0.6 is 0 Å². The quantitative estimate of drug-likeness (QED) is 0.898. The Labute approximate surface area is 122 Å². The molecular weight excluding hydrogens is 252 g/mol. The van der Waals surface area contributed by atoms with E-state index >= 15 is 0 Å². The fourth-order valence-corrected chi connectivity index (χ4v) is 2.88. The number of nitrogens with zero attached hydrogens (tertiary/aromatic N) is 1. The minimum Gasteiger partial charge on any atom is -0.497 e. The van der Waals surface area contributed by atoms with Crippen molar-refractivity contribution in [1.29, 1.82) is 0 Å². The van der Waals surface area contributed by atoms with Crippen molar-refractivity contribution in [2.75, 3.05) is 38.8 Å². The van der Waals surface area contributed by atoms with Crippen molar-refractivity contribution in [1.82, 2.24) is 5.32 Å². The van der Waals surface area contributed by atoms with Gasteiger partial charge >= 0.3 is 0 Å². The van der Waals surface area contributed by atoms with Crippen LogP contribution in [0.25, 0.3) is 0 Å². The summed E-state index contributed by atoms with van der Waals surface area (Å²) in [6.45, 7) is 7.56. The maximum Gasteiger partial charge on any atom is 0.124 e. The van der Waals surface area contributed by atoms with Crippen LogP contribution in [-0.2, 0) is 0 Å². The summed E-state index contributed by atoms with van der Waals surface area (Å²) in [6, 6.07) is 6.09. The van der Waals surface area contributed by atoms with Gasteiger partial charge in [-0.1, -0.05) is 13.8 Å². The standard InChI is InChI=1S/C16H26N2O2/c1-5-16(6-2)12-18(8-7-17-16)13-9-14(19-3)11-15(10-13)20-4/h9-11,17H,5-8,12H2,1-4H3. The average Bonchev–Trinajstić information content (AvgIpc) is 2.54. The summed E-state index contributed by atoms with van der Waals surface area (Å²) < 4.78 is 10.7. The van der Waals surface area contributed by atoms with Gasteiger partial charge < -0.3 is 19.7 Å². The predicted octanol–water partition coefficient (Wildman–Crippen LogP) is 2.67. The normalized spacial score (nSPS) is 17.9. The zero-order valence-corrected chi connectivity index (χ0v) is 13.0. The summed E-state index contributed by atoms with van der Waals surface area (Å²) in [5, 5.41) is 3.68. The van der Waals surface area contributed by atoms with E-state index in [1.165, 1.54) is 5.69 Å². The molecule has 0 bridgehead atoms. The Kier molecular flexibility index (Phi) is 4.76. The van der Waals surface area contributed by atoms with E-state index in [1.54, 1.807) is 14.2 Å². The van der Waals surface area contributed by atoms with Crippen LogP contribution in [0.5, 0.6) is 11.5 Å². The zero-order chi connectivity index (χ0) is 14.6. The summed E-state index contributed by atoms with van der Waals surface area (Å²) >= 11 is 0. The zero-order valence-electron chi connectivity index (χ0n) is 13.0. The number of anilines is 1. The molecule has 0 atom stereocenters. The van der Waals surface area contributed by atoms with Crippen LogP contribution in [0.1, 0.15) is 26.7 Å². The third kappa shape index (κ3) is 3.01. The van der Waals surface area contributed by atoms with E-state index in [4.69, 9.17) is 9.47 Å². The van der Waals surface area contributed by atoms with Crippen molar-refractivity contribution in [3.05, 3.63) is 18.2 Å². The third-order valence-corrected chi connectivity index (χ3v) is 4.43. The average molecular weight is 278 g/mol. The molecule has 112 valence electrons. The molecule has 20 heavy (non-hydrogen) atoms. The molecule has 0 radical (unpaired) electrons. The molecule has 1 aliphatic heterocycles. The van der Waals surface area contributed by atoms with Gasteiger partial charge in [-0.3, -0.25) is 0 Å². The molecule has 1 aliphatic rings. The first-order chi connectivity index (χ1) is 9.66. The smallest absolute Gasteiger partial charge is 0.124 e. The molecule has 0 spiro atoms. The lowest BCUT2D eigenvalue weighted by Gasteiger charge is -2.44. The topological polar surface area (TPSA) is 33.7 Å². The minimum absolute atomic E-state index is 0.217. The van der Waals surface area contributed by atoms with Gasteiger partial charge in [-0.05, 0) is 12.8 Å². The number of hydrogen-bond acceptors (Lipinski definition) is 4. The Morgan fingerprint density at radius 2 is 1.70 bits per heavy atom. The van der Waals surface area contributed by atoms with Crippen LogP contribution < -0.4 is 19.7 Å². The van der Waals surface area contributed by atoms with Crippen LogP contribution in [0.3, 0.4) is 0 Å². The molecule has 1 aromatic carbocycles. The summed E-state index contributed by atoms with van der Waals surface area (Å²) in [5.41, 5.74) is 1.39. The molecule has 1 aromatic rings. The minimum atomic E-state index is 0.217. The predicted molar refractivity (Wildman–Crippen MR) is 83.1 cm³/mol. The van der Waals surface area contributed by atoms with E-state index in [0.717, 1.165) is 44.0 Å². The van der Waals surface area contributed by atoms with Crippen molar-refractivity contribution in [2.24, 2.45) is 0 Å². The highest BCUT2D eigenvalue weighted by molar-refractivity contribution is 5.56. The van der Waals surface area contributed by atoms with E-state index in [9.17, 15) is 0 Å². The van der Waals surface area contributed by atoms with Crippen LogP contribution in [0.15, 0.2) is 18.2 Å².